The molecule has 0 bridgehead atoms. The summed E-state index contributed by atoms with van der Waals surface area (Å²) in [6.07, 6.45) is 1.56. The fourth-order valence-corrected chi connectivity index (χ4v) is 2.56. The smallest absolute Gasteiger partial charge is 0.276 e. The van der Waals surface area contributed by atoms with E-state index in [1.54, 1.807) is 42.6 Å². The summed E-state index contributed by atoms with van der Waals surface area (Å²) >= 11 is 0. The number of pyridine rings is 1. The molecule has 1 aromatic carbocycles. The lowest BCUT2D eigenvalue weighted by Gasteiger charge is -2.12. The average Bonchev–Trinajstić information content (AvgIpc) is 2.64. The summed E-state index contributed by atoms with van der Waals surface area (Å²) in [6.45, 7) is 1.25. The molecule has 0 saturated carbocycles. The Kier molecular flexibility index (Phi) is 5.46. The number of carbonyl (C=O) groups excluding carboxylic acids is 1. The highest BCUT2D eigenvalue weighted by molar-refractivity contribution is 6.11. The van der Waals surface area contributed by atoms with Gasteiger partial charge in [-0.2, -0.15) is 5.10 Å². The minimum atomic E-state index is -0.410. The summed E-state index contributed by atoms with van der Waals surface area (Å²) in [5.74, 6) is 0.0140. The molecule has 0 fully saturated rings. The second-order valence-corrected chi connectivity index (χ2v) is 6.31. The molecule has 0 unspecified atom stereocenters. The van der Waals surface area contributed by atoms with Crippen molar-refractivity contribution in [2.45, 2.75) is 0 Å². The minimum absolute atomic E-state index is 0.180. The molecule has 1 N–H and O–H groups in total. The molecule has 3 aromatic rings. The van der Waals surface area contributed by atoms with Crippen LogP contribution in [0, 0.1) is 0 Å². The summed E-state index contributed by atoms with van der Waals surface area (Å²) in [5, 5.41) is 7.87. The molecule has 27 heavy (non-hydrogen) atoms. The third kappa shape index (κ3) is 4.29. The second-order valence-electron chi connectivity index (χ2n) is 6.31. The van der Waals surface area contributed by atoms with Gasteiger partial charge in [-0.3, -0.25) is 9.59 Å². The van der Waals surface area contributed by atoms with E-state index in [2.05, 4.69) is 15.4 Å². The van der Waals surface area contributed by atoms with Gasteiger partial charge in [0, 0.05) is 36.9 Å². The Hall–Kier alpha value is -3.26. The van der Waals surface area contributed by atoms with Crippen molar-refractivity contribution in [2.24, 2.45) is 7.05 Å². The molecule has 1 amide bonds. The number of anilines is 1. The highest BCUT2D eigenvalue weighted by Gasteiger charge is 2.16. The van der Waals surface area contributed by atoms with Crippen LogP contribution in [0.2, 0.25) is 0 Å². The molecule has 0 aliphatic rings. The van der Waals surface area contributed by atoms with Crippen molar-refractivity contribution in [1.29, 1.82) is 0 Å². The van der Waals surface area contributed by atoms with Crippen molar-refractivity contribution in [3.8, 4) is 5.88 Å². The van der Waals surface area contributed by atoms with E-state index < -0.39 is 5.91 Å². The first-order valence-corrected chi connectivity index (χ1v) is 8.46. The molecule has 0 radical (unpaired) electrons. The van der Waals surface area contributed by atoms with Crippen molar-refractivity contribution in [1.82, 2.24) is 19.7 Å². The quantitative estimate of drug-likeness (QED) is 0.711. The van der Waals surface area contributed by atoms with Crippen LogP contribution in [-0.2, 0) is 7.05 Å². The second kappa shape index (κ2) is 7.96. The van der Waals surface area contributed by atoms with Crippen LogP contribution in [0.3, 0.4) is 0 Å². The van der Waals surface area contributed by atoms with Crippen LogP contribution in [0.15, 0.2) is 47.4 Å². The van der Waals surface area contributed by atoms with Gasteiger partial charge in [-0.05, 0) is 26.2 Å². The lowest BCUT2D eigenvalue weighted by Crippen LogP contribution is -2.25. The molecule has 3 rings (SSSR count). The van der Waals surface area contributed by atoms with Gasteiger partial charge in [-0.25, -0.2) is 9.67 Å². The molecule has 2 heterocycles. The summed E-state index contributed by atoms with van der Waals surface area (Å²) in [6, 6.07) is 10.2. The fraction of sp³-hybridized carbons (Fsp3) is 0.263. The third-order valence-corrected chi connectivity index (χ3v) is 3.95. The Morgan fingerprint density at radius 2 is 1.96 bits per heavy atom. The van der Waals surface area contributed by atoms with Crippen LogP contribution >= 0.6 is 0 Å². The van der Waals surface area contributed by atoms with E-state index in [1.807, 2.05) is 19.0 Å². The number of fused-ring (bicyclic) bond motifs is 1. The molecular formula is C19H21N5O3. The SMILES string of the molecule is CN(C)CCOc1cc(NC(=O)c2nn(C)c(=O)c3ccccc23)ccn1. The van der Waals surface area contributed by atoms with Crippen LogP contribution in [0.4, 0.5) is 5.69 Å². The molecule has 0 aliphatic heterocycles. The molecule has 8 heteroatoms. The predicted molar refractivity (Wildman–Crippen MR) is 103 cm³/mol. The van der Waals surface area contributed by atoms with Gasteiger partial charge in [0.1, 0.15) is 6.61 Å². The topological polar surface area (TPSA) is 89.4 Å². The fourth-order valence-electron chi connectivity index (χ4n) is 2.56. The number of hydrogen-bond acceptors (Lipinski definition) is 6. The normalized spacial score (nSPS) is 11.0. The Balaban J connectivity index is 1.83. The number of amides is 1. The first kappa shape index (κ1) is 18.5. The average molecular weight is 367 g/mol. The number of likely N-dealkylation sites (N-methyl/N-ethyl adjacent to an activating group) is 1. The number of benzene rings is 1. The maximum atomic E-state index is 12.7. The van der Waals surface area contributed by atoms with E-state index in [4.69, 9.17) is 4.74 Å². The van der Waals surface area contributed by atoms with Crippen LogP contribution in [0.5, 0.6) is 5.88 Å². The summed E-state index contributed by atoms with van der Waals surface area (Å²) in [7, 11) is 5.44. The zero-order chi connectivity index (χ0) is 19.4. The number of ether oxygens (including phenoxy) is 1. The van der Waals surface area contributed by atoms with Crippen LogP contribution in [0.1, 0.15) is 10.5 Å². The van der Waals surface area contributed by atoms with Gasteiger partial charge in [-0.15, -0.1) is 0 Å². The van der Waals surface area contributed by atoms with E-state index in [1.165, 1.54) is 11.7 Å². The molecule has 8 nitrogen and oxygen atoms in total. The molecule has 0 atom stereocenters. The largest absolute Gasteiger partial charge is 0.476 e. The number of carbonyl (C=O) groups is 1. The number of nitrogens with zero attached hydrogens (tertiary/aromatic N) is 4. The highest BCUT2D eigenvalue weighted by Crippen LogP contribution is 2.17. The van der Waals surface area contributed by atoms with Crippen molar-refractivity contribution >= 4 is 22.4 Å². The Morgan fingerprint density at radius 1 is 1.22 bits per heavy atom. The van der Waals surface area contributed by atoms with Crippen molar-refractivity contribution in [2.75, 3.05) is 32.6 Å². The maximum absolute atomic E-state index is 12.7. The molecule has 0 saturated heterocycles. The van der Waals surface area contributed by atoms with Crippen LogP contribution < -0.4 is 15.6 Å². The van der Waals surface area contributed by atoms with Gasteiger partial charge in [-0.1, -0.05) is 18.2 Å². The molecule has 2 aromatic heterocycles. The molecule has 140 valence electrons. The van der Waals surface area contributed by atoms with Gasteiger partial charge in [0.15, 0.2) is 5.69 Å². The van der Waals surface area contributed by atoms with E-state index >= 15 is 0 Å². The van der Waals surface area contributed by atoms with E-state index in [-0.39, 0.29) is 11.3 Å². The zero-order valence-corrected chi connectivity index (χ0v) is 15.5. The van der Waals surface area contributed by atoms with Crippen molar-refractivity contribution < 1.29 is 9.53 Å². The number of aromatic nitrogens is 3. The first-order chi connectivity index (χ1) is 13.0. The minimum Gasteiger partial charge on any atom is -0.476 e. The first-order valence-electron chi connectivity index (χ1n) is 8.46. The Morgan fingerprint density at radius 3 is 2.70 bits per heavy atom. The van der Waals surface area contributed by atoms with Crippen LogP contribution in [-0.4, -0.2) is 52.8 Å². The lowest BCUT2D eigenvalue weighted by atomic mass is 10.1. The summed E-state index contributed by atoms with van der Waals surface area (Å²) < 4.78 is 6.75. The van der Waals surface area contributed by atoms with E-state index in [0.717, 1.165) is 6.54 Å². The highest BCUT2D eigenvalue weighted by atomic mass is 16.5. The number of hydrogen-bond donors (Lipinski definition) is 1. The molecule has 0 spiro atoms. The van der Waals surface area contributed by atoms with Gasteiger partial charge < -0.3 is 15.0 Å². The monoisotopic (exact) mass is 367 g/mol. The zero-order valence-electron chi connectivity index (χ0n) is 15.5. The van der Waals surface area contributed by atoms with Crippen molar-refractivity contribution in [3.63, 3.8) is 0 Å². The number of nitrogens with one attached hydrogen (secondary N) is 1. The van der Waals surface area contributed by atoms with Gasteiger partial charge in [0.2, 0.25) is 5.88 Å². The van der Waals surface area contributed by atoms with Gasteiger partial charge >= 0.3 is 0 Å². The standard InChI is InChI=1S/C19H21N5O3/c1-23(2)10-11-27-16-12-13(8-9-20-16)21-18(25)17-14-6-4-5-7-15(14)19(26)24(3)22-17/h4-9,12H,10-11H2,1-3H3,(H,20,21,25). The third-order valence-electron chi connectivity index (χ3n) is 3.95. The Bertz CT molecular complexity index is 1030. The van der Waals surface area contributed by atoms with Crippen molar-refractivity contribution in [3.05, 3.63) is 58.6 Å². The lowest BCUT2D eigenvalue weighted by molar-refractivity contribution is 0.102. The predicted octanol–water partition coefficient (Wildman–Crippen LogP) is 1.52. The summed E-state index contributed by atoms with van der Waals surface area (Å²) in [4.78, 5) is 31.1. The summed E-state index contributed by atoms with van der Waals surface area (Å²) in [5.41, 5.74) is 0.469. The maximum Gasteiger partial charge on any atom is 0.276 e. The molecular weight excluding hydrogens is 346 g/mol. The molecule has 0 aliphatic carbocycles. The number of rotatable bonds is 6. The van der Waals surface area contributed by atoms with Gasteiger partial charge in [0.05, 0.1) is 5.39 Å². The van der Waals surface area contributed by atoms with E-state index in [9.17, 15) is 9.59 Å². The van der Waals surface area contributed by atoms with E-state index in [0.29, 0.717) is 28.9 Å². The van der Waals surface area contributed by atoms with Crippen LogP contribution in [0.25, 0.3) is 10.8 Å². The number of aryl methyl sites for hydroxylation is 1. The Labute approximate surface area is 156 Å². The van der Waals surface area contributed by atoms with Gasteiger partial charge in [0.25, 0.3) is 11.5 Å².